The van der Waals surface area contributed by atoms with E-state index in [1.165, 1.54) is 31.7 Å². The van der Waals surface area contributed by atoms with Crippen LogP contribution in [0.15, 0.2) is 47.7 Å². The molecule has 0 spiro atoms. The lowest BCUT2D eigenvalue weighted by molar-refractivity contribution is -0.121. The number of nitrogens with one attached hydrogen (secondary N) is 2. The van der Waals surface area contributed by atoms with E-state index in [-0.39, 0.29) is 12.0 Å². The van der Waals surface area contributed by atoms with Crippen LogP contribution in [0.1, 0.15) is 56.1 Å². The number of hydrogen-bond donors (Lipinski definition) is 3. The van der Waals surface area contributed by atoms with Gasteiger partial charge in [-0.25, -0.2) is 13.2 Å². The zero-order valence-electron chi connectivity index (χ0n) is 18.2. The molecule has 1 aliphatic heterocycles. The Bertz CT molecular complexity index is 1120. The minimum atomic E-state index is -1.64. The Labute approximate surface area is 189 Å². The van der Waals surface area contributed by atoms with Gasteiger partial charge in [0.2, 0.25) is 0 Å². The summed E-state index contributed by atoms with van der Waals surface area (Å²) < 4.78 is 40.9. The van der Waals surface area contributed by atoms with Crippen molar-refractivity contribution >= 4 is 17.5 Å². The lowest BCUT2D eigenvalue weighted by Crippen LogP contribution is -2.44. The first-order valence-corrected chi connectivity index (χ1v) is 11.0. The van der Waals surface area contributed by atoms with Crippen LogP contribution in [0.3, 0.4) is 0 Å². The number of aliphatic hydroxyl groups excluding tert-OH is 1. The highest BCUT2D eigenvalue weighted by molar-refractivity contribution is 6.24. The van der Waals surface area contributed by atoms with E-state index in [0.717, 1.165) is 25.0 Å². The first-order valence-electron chi connectivity index (χ1n) is 11.0. The number of benzene rings is 2. The molecule has 1 saturated carbocycles. The average Bonchev–Trinajstić information content (AvgIpc) is 3.03. The summed E-state index contributed by atoms with van der Waals surface area (Å²) in [6.07, 6.45) is 5.58. The number of amides is 2. The number of hydrogen-bond acceptors (Lipinski definition) is 3. The molecule has 8 heteroatoms. The number of anilines is 1. The van der Waals surface area contributed by atoms with Gasteiger partial charge in [-0.15, -0.1) is 0 Å². The smallest absolute Gasteiger partial charge is 0.264 e. The van der Waals surface area contributed by atoms with Gasteiger partial charge in [-0.3, -0.25) is 9.59 Å². The Morgan fingerprint density at radius 2 is 1.73 bits per heavy atom. The van der Waals surface area contributed by atoms with Gasteiger partial charge in [0, 0.05) is 12.1 Å². The third-order valence-corrected chi connectivity index (χ3v) is 6.51. The molecule has 5 nitrogen and oxygen atoms in total. The summed E-state index contributed by atoms with van der Waals surface area (Å²) in [6.45, 7) is 1.38. The van der Waals surface area contributed by atoms with Gasteiger partial charge in [0.1, 0.15) is 11.3 Å². The second-order valence-corrected chi connectivity index (χ2v) is 8.93. The van der Waals surface area contributed by atoms with E-state index in [1.807, 2.05) is 12.1 Å². The number of rotatable bonds is 5. The molecule has 1 aliphatic carbocycles. The van der Waals surface area contributed by atoms with Crippen molar-refractivity contribution in [3.8, 4) is 0 Å². The SMILES string of the molecule is CC1(Cc2ccc(F)c(F)c2F)NC(=O)C(C(=O)Nc2ccc(C3CCCCC3)cc2)=C1O. The van der Waals surface area contributed by atoms with E-state index in [9.17, 15) is 27.9 Å². The van der Waals surface area contributed by atoms with Crippen LogP contribution in [0.4, 0.5) is 18.9 Å². The van der Waals surface area contributed by atoms with Crippen molar-refractivity contribution in [2.75, 3.05) is 5.32 Å². The predicted molar refractivity (Wildman–Crippen MR) is 117 cm³/mol. The fourth-order valence-electron chi connectivity index (χ4n) is 4.65. The molecule has 0 radical (unpaired) electrons. The van der Waals surface area contributed by atoms with Gasteiger partial charge in [-0.2, -0.15) is 0 Å². The predicted octanol–water partition coefficient (Wildman–Crippen LogP) is 5.03. The maximum Gasteiger partial charge on any atom is 0.264 e. The molecule has 2 amide bonds. The molecule has 33 heavy (non-hydrogen) atoms. The van der Waals surface area contributed by atoms with Gasteiger partial charge >= 0.3 is 0 Å². The summed E-state index contributed by atoms with van der Waals surface area (Å²) >= 11 is 0. The number of aliphatic hydroxyl groups is 1. The summed E-state index contributed by atoms with van der Waals surface area (Å²) in [4.78, 5) is 25.2. The zero-order chi connectivity index (χ0) is 23.8. The van der Waals surface area contributed by atoms with Gasteiger partial charge in [0.05, 0.1) is 5.54 Å². The number of carbonyl (C=O) groups is 2. The van der Waals surface area contributed by atoms with Crippen LogP contribution < -0.4 is 10.6 Å². The molecule has 1 heterocycles. The maximum atomic E-state index is 14.1. The van der Waals surface area contributed by atoms with Gasteiger partial charge in [0.25, 0.3) is 11.8 Å². The average molecular weight is 458 g/mol. The Balaban J connectivity index is 1.51. The van der Waals surface area contributed by atoms with Crippen molar-refractivity contribution in [1.82, 2.24) is 5.32 Å². The summed E-state index contributed by atoms with van der Waals surface area (Å²) in [5, 5.41) is 15.7. The topological polar surface area (TPSA) is 78.4 Å². The minimum absolute atomic E-state index is 0.247. The molecule has 4 rings (SSSR count). The van der Waals surface area contributed by atoms with Crippen LogP contribution in [0.25, 0.3) is 0 Å². The summed E-state index contributed by atoms with van der Waals surface area (Å²) in [5.41, 5.74) is -0.637. The van der Waals surface area contributed by atoms with Crippen molar-refractivity contribution in [3.63, 3.8) is 0 Å². The van der Waals surface area contributed by atoms with Crippen LogP contribution in [-0.4, -0.2) is 22.5 Å². The molecule has 1 fully saturated rings. The third-order valence-electron chi connectivity index (χ3n) is 6.51. The molecular formula is C25H25F3N2O3. The van der Waals surface area contributed by atoms with Gasteiger partial charge < -0.3 is 15.7 Å². The maximum absolute atomic E-state index is 14.1. The second-order valence-electron chi connectivity index (χ2n) is 8.93. The van der Waals surface area contributed by atoms with Crippen LogP contribution in [0, 0.1) is 17.5 Å². The normalized spacial score (nSPS) is 21.3. The first-order chi connectivity index (χ1) is 15.7. The monoisotopic (exact) mass is 458 g/mol. The molecule has 1 unspecified atom stereocenters. The molecule has 2 aromatic carbocycles. The fraction of sp³-hybridized carbons (Fsp3) is 0.360. The van der Waals surface area contributed by atoms with Crippen LogP contribution >= 0.6 is 0 Å². The fourth-order valence-corrected chi connectivity index (χ4v) is 4.65. The summed E-state index contributed by atoms with van der Waals surface area (Å²) in [6, 6.07) is 9.20. The highest BCUT2D eigenvalue weighted by atomic mass is 19.2. The van der Waals surface area contributed by atoms with Crippen LogP contribution in [0.5, 0.6) is 0 Å². The summed E-state index contributed by atoms with van der Waals surface area (Å²) in [5.74, 6) is -6.13. The van der Waals surface area contributed by atoms with Crippen molar-refractivity contribution in [2.24, 2.45) is 0 Å². The first kappa shape index (κ1) is 22.9. The summed E-state index contributed by atoms with van der Waals surface area (Å²) in [7, 11) is 0. The van der Waals surface area contributed by atoms with Gasteiger partial charge in [-0.1, -0.05) is 37.5 Å². The Kier molecular flexibility index (Phi) is 6.19. The van der Waals surface area contributed by atoms with E-state index in [2.05, 4.69) is 10.6 Å². The Morgan fingerprint density at radius 1 is 1.06 bits per heavy atom. The highest BCUT2D eigenvalue weighted by Crippen LogP contribution is 2.34. The molecule has 2 aliphatic rings. The lowest BCUT2D eigenvalue weighted by atomic mass is 9.84. The standard InChI is InChI=1S/C25H25F3N2O3/c1-25(13-16-9-12-18(26)21(28)20(16)27)22(31)19(24(33)30-25)23(32)29-17-10-7-15(8-11-17)14-5-3-2-4-6-14/h7-12,14,31H,2-6,13H2,1H3,(H,29,32)(H,30,33). The van der Waals surface area contributed by atoms with Crippen molar-refractivity contribution in [1.29, 1.82) is 0 Å². The van der Waals surface area contributed by atoms with Crippen molar-refractivity contribution < 1.29 is 27.9 Å². The van der Waals surface area contributed by atoms with Crippen molar-refractivity contribution in [3.05, 3.63) is 76.3 Å². The Morgan fingerprint density at radius 3 is 2.39 bits per heavy atom. The third kappa shape index (κ3) is 4.47. The van der Waals surface area contributed by atoms with Gasteiger partial charge in [-0.05, 0) is 55.0 Å². The van der Waals surface area contributed by atoms with E-state index < -0.39 is 46.1 Å². The molecule has 3 N–H and O–H groups in total. The molecular weight excluding hydrogens is 433 g/mol. The minimum Gasteiger partial charge on any atom is -0.509 e. The molecule has 174 valence electrons. The number of carbonyl (C=O) groups excluding carboxylic acids is 2. The molecule has 0 saturated heterocycles. The Hall–Kier alpha value is -3.29. The molecule has 2 aromatic rings. The second kappa shape index (κ2) is 8.92. The van der Waals surface area contributed by atoms with Crippen LogP contribution in [0.2, 0.25) is 0 Å². The highest BCUT2D eigenvalue weighted by Gasteiger charge is 2.45. The van der Waals surface area contributed by atoms with E-state index in [1.54, 1.807) is 12.1 Å². The van der Waals surface area contributed by atoms with E-state index >= 15 is 0 Å². The largest absolute Gasteiger partial charge is 0.509 e. The molecule has 0 bridgehead atoms. The van der Waals surface area contributed by atoms with Crippen molar-refractivity contribution in [2.45, 2.75) is 56.9 Å². The van der Waals surface area contributed by atoms with E-state index in [0.29, 0.717) is 11.6 Å². The molecule has 0 aromatic heterocycles. The molecule has 1 atom stereocenters. The van der Waals surface area contributed by atoms with Gasteiger partial charge in [0.15, 0.2) is 17.5 Å². The number of halogens is 3. The quantitative estimate of drug-likeness (QED) is 0.434. The zero-order valence-corrected chi connectivity index (χ0v) is 18.2. The van der Waals surface area contributed by atoms with E-state index in [4.69, 9.17) is 0 Å². The van der Waals surface area contributed by atoms with Crippen LogP contribution in [-0.2, 0) is 16.0 Å². The lowest BCUT2D eigenvalue weighted by Gasteiger charge is -2.25.